The van der Waals surface area contributed by atoms with E-state index >= 15 is 0 Å². The molecule has 0 N–H and O–H groups in total. The Bertz CT molecular complexity index is 1400. The average molecular weight is 612 g/mol. The third kappa shape index (κ3) is 8.03. The number of imidazole rings is 1. The molecule has 0 spiro atoms. The number of aromatic nitrogens is 4. The van der Waals surface area contributed by atoms with Gasteiger partial charge in [0, 0.05) is 49.6 Å². The minimum Gasteiger partial charge on any atom is -0.476 e. The van der Waals surface area contributed by atoms with Crippen LogP contribution in [-0.2, 0) is 15.7 Å². The predicted molar refractivity (Wildman–Crippen MR) is 165 cm³/mol. The Kier molecular flexibility index (Phi) is 11.4. The molecule has 4 rings (SSSR count). The van der Waals surface area contributed by atoms with Crippen LogP contribution in [0.5, 0.6) is 5.88 Å². The maximum atomic E-state index is 10.9. The predicted octanol–water partition coefficient (Wildman–Crippen LogP) is 6.48. The Morgan fingerprint density at radius 1 is 1.23 bits per heavy atom. The molecule has 1 aliphatic heterocycles. The van der Waals surface area contributed by atoms with Gasteiger partial charge in [0.25, 0.3) is 5.69 Å². The highest BCUT2D eigenvalue weighted by atomic mass is 31.2. The molecule has 1 saturated heterocycles. The van der Waals surface area contributed by atoms with Gasteiger partial charge >= 0.3 is 0 Å². The average Bonchev–Trinajstić information content (AvgIpc) is 3.56. The lowest BCUT2D eigenvalue weighted by molar-refractivity contribution is -0.384. The Hall–Kier alpha value is -3.23. The van der Waals surface area contributed by atoms with Crippen LogP contribution < -0.4 is 4.74 Å². The van der Waals surface area contributed by atoms with Gasteiger partial charge in [0.1, 0.15) is 20.4 Å². The third-order valence-corrected chi connectivity index (χ3v) is 10.0. The van der Waals surface area contributed by atoms with E-state index in [1.165, 1.54) is 12.1 Å². The van der Waals surface area contributed by atoms with Gasteiger partial charge in [-0.05, 0) is 53.0 Å². The molecule has 4 atom stereocenters. The molecule has 232 valence electrons. The summed E-state index contributed by atoms with van der Waals surface area (Å²) in [6.07, 6.45) is 5.45. The van der Waals surface area contributed by atoms with Crippen molar-refractivity contribution in [3.63, 3.8) is 0 Å². The van der Waals surface area contributed by atoms with Crippen molar-refractivity contribution >= 4 is 25.2 Å². The fourth-order valence-electron chi connectivity index (χ4n) is 5.48. The number of aryl methyl sites for hydroxylation is 1. The minimum atomic E-state index is -0.912. The molecule has 4 unspecified atom stereocenters. The van der Waals surface area contributed by atoms with Crippen LogP contribution in [0.25, 0.3) is 11.2 Å². The van der Waals surface area contributed by atoms with Gasteiger partial charge in [0.05, 0.1) is 36.1 Å². The molecule has 1 fully saturated rings. The summed E-state index contributed by atoms with van der Waals surface area (Å²) in [5.74, 6) is 0.953. The van der Waals surface area contributed by atoms with E-state index in [1.54, 1.807) is 18.5 Å². The number of hydrogen-bond donors (Lipinski definition) is 0. The monoisotopic (exact) mass is 611 g/mol. The molecule has 43 heavy (non-hydrogen) atoms. The van der Waals surface area contributed by atoms with Gasteiger partial charge in [0.2, 0.25) is 5.88 Å². The summed E-state index contributed by atoms with van der Waals surface area (Å²) in [6, 6.07) is 9.36. The smallest absolute Gasteiger partial charge is 0.269 e. The molecule has 3 heterocycles. The van der Waals surface area contributed by atoms with Crippen LogP contribution in [0.3, 0.4) is 0 Å². The number of hydrogen-bond acceptors (Lipinski definition) is 10. The van der Waals surface area contributed by atoms with E-state index in [-0.39, 0.29) is 24.1 Å². The first-order valence-corrected chi connectivity index (χ1v) is 16.3. The van der Waals surface area contributed by atoms with Crippen LogP contribution >= 0.6 is 8.30 Å². The number of ether oxygens (including phenoxy) is 2. The molecular formula is C30H42N7O5P. The van der Waals surface area contributed by atoms with Crippen molar-refractivity contribution < 1.29 is 18.9 Å². The first kappa shape index (κ1) is 32.7. The summed E-state index contributed by atoms with van der Waals surface area (Å²) in [4.78, 5) is 24.3. The molecule has 0 aliphatic carbocycles. The minimum absolute atomic E-state index is 0.0585. The summed E-state index contributed by atoms with van der Waals surface area (Å²) in [6.45, 7) is 13.0. The Labute approximate surface area is 254 Å². The Balaban J connectivity index is 1.49. The van der Waals surface area contributed by atoms with Crippen molar-refractivity contribution in [2.45, 2.75) is 104 Å². The second-order valence-electron chi connectivity index (χ2n) is 11.2. The van der Waals surface area contributed by atoms with Crippen molar-refractivity contribution in [1.29, 1.82) is 5.26 Å². The van der Waals surface area contributed by atoms with Crippen LogP contribution in [0.4, 0.5) is 5.69 Å². The van der Waals surface area contributed by atoms with Gasteiger partial charge < -0.3 is 14.0 Å². The van der Waals surface area contributed by atoms with E-state index in [2.05, 4.69) is 60.3 Å². The lowest BCUT2D eigenvalue weighted by Gasteiger charge is -2.39. The van der Waals surface area contributed by atoms with Crippen LogP contribution in [-0.4, -0.2) is 66.2 Å². The molecule has 13 heteroatoms. The van der Waals surface area contributed by atoms with E-state index in [0.717, 1.165) is 24.6 Å². The number of fused-ring (bicyclic) bond motifs is 1. The zero-order valence-electron chi connectivity index (χ0n) is 25.8. The number of non-ortho nitro benzene ring substituents is 1. The number of benzene rings is 1. The summed E-state index contributed by atoms with van der Waals surface area (Å²) in [7, 11) is -0.912. The topological polar surface area (TPSA) is 141 Å². The lowest BCUT2D eigenvalue weighted by Crippen LogP contribution is -2.35. The van der Waals surface area contributed by atoms with Gasteiger partial charge in [-0.1, -0.05) is 19.1 Å². The van der Waals surface area contributed by atoms with E-state index in [0.29, 0.717) is 60.8 Å². The SMILES string of the molecule is CCC1OC(n2cnc3c(OCCc4ccc([N+](=O)[O-])cc4)nc(C)nc32)CC1OP(CCCC#N)N(C(C)C)C(C)C. The fraction of sp³-hybridized carbons (Fsp3) is 0.600. The maximum absolute atomic E-state index is 10.9. The summed E-state index contributed by atoms with van der Waals surface area (Å²) in [5.41, 5.74) is 2.18. The number of unbranched alkanes of at least 4 members (excludes halogenated alkanes) is 1. The largest absolute Gasteiger partial charge is 0.476 e. The fourth-order valence-corrected chi connectivity index (χ4v) is 7.92. The first-order chi connectivity index (χ1) is 20.6. The molecule has 1 aromatic carbocycles. The van der Waals surface area contributed by atoms with E-state index < -0.39 is 13.2 Å². The Morgan fingerprint density at radius 3 is 2.58 bits per heavy atom. The Morgan fingerprint density at radius 2 is 1.95 bits per heavy atom. The normalized spacial score (nSPS) is 19.4. The van der Waals surface area contributed by atoms with Crippen molar-refractivity contribution in [3.05, 3.63) is 52.1 Å². The highest BCUT2D eigenvalue weighted by Gasteiger charge is 2.40. The molecule has 0 radical (unpaired) electrons. The molecule has 12 nitrogen and oxygen atoms in total. The second kappa shape index (κ2) is 15.0. The van der Waals surface area contributed by atoms with Gasteiger partial charge in [0.15, 0.2) is 11.2 Å². The summed E-state index contributed by atoms with van der Waals surface area (Å²) in [5, 5.41) is 20.0. The van der Waals surface area contributed by atoms with Gasteiger partial charge in [-0.2, -0.15) is 10.2 Å². The number of nitro benzene ring substituents is 1. The zero-order chi connectivity index (χ0) is 31.1. The van der Waals surface area contributed by atoms with Crippen LogP contribution in [0, 0.1) is 28.4 Å². The maximum Gasteiger partial charge on any atom is 0.269 e. The number of nitriles is 1. The van der Waals surface area contributed by atoms with Crippen molar-refractivity contribution in [3.8, 4) is 11.9 Å². The van der Waals surface area contributed by atoms with Gasteiger partial charge in [-0.25, -0.2) is 9.97 Å². The third-order valence-electron chi connectivity index (χ3n) is 7.38. The first-order valence-electron chi connectivity index (χ1n) is 14.9. The van der Waals surface area contributed by atoms with E-state index in [1.807, 2.05) is 11.5 Å². The standard InChI is InChI=1S/C30H42N7O5P/c1-7-25-26(42-43(17-9-8-15-31)36(20(2)3)21(4)5)18-27(41-25)35-19-32-28-29(35)33-22(6)34-30(28)40-16-14-23-10-12-24(13-11-23)37(38)39/h10-13,19-21,25-27H,7-9,14,16-18H2,1-6H3. The van der Waals surface area contributed by atoms with Crippen LogP contribution in [0.1, 0.15) is 77.9 Å². The van der Waals surface area contributed by atoms with Crippen molar-refractivity contribution in [2.24, 2.45) is 0 Å². The zero-order valence-corrected chi connectivity index (χ0v) is 26.7. The second-order valence-corrected chi connectivity index (χ2v) is 13.1. The highest BCUT2D eigenvalue weighted by molar-refractivity contribution is 7.50. The number of nitro groups is 1. The summed E-state index contributed by atoms with van der Waals surface area (Å²) >= 11 is 0. The summed E-state index contributed by atoms with van der Waals surface area (Å²) < 4.78 is 23.8. The molecule has 3 aromatic rings. The van der Waals surface area contributed by atoms with Crippen LogP contribution in [0.15, 0.2) is 30.6 Å². The van der Waals surface area contributed by atoms with Gasteiger partial charge in [-0.15, -0.1) is 0 Å². The number of rotatable bonds is 15. The lowest BCUT2D eigenvalue weighted by atomic mass is 10.1. The molecule has 0 bridgehead atoms. The van der Waals surface area contributed by atoms with Crippen LogP contribution in [0.2, 0.25) is 0 Å². The molecule has 1 aliphatic rings. The molecular weight excluding hydrogens is 569 g/mol. The van der Waals surface area contributed by atoms with E-state index in [4.69, 9.17) is 19.3 Å². The van der Waals surface area contributed by atoms with E-state index in [9.17, 15) is 10.1 Å². The molecule has 0 saturated carbocycles. The van der Waals surface area contributed by atoms with Crippen molar-refractivity contribution in [2.75, 3.05) is 12.8 Å². The highest BCUT2D eigenvalue weighted by Crippen LogP contribution is 2.50. The van der Waals surface area contributed by atoms with Crippen molar-refractivity contribution in [1.82, 2.24) is 24.2 Å². The quantitative estimate of drug-likeness (QED) is 0.0811. The molecule has 0 amide bonds. The van der Waals surface area contributed by atoms with Gasteiger partial charge in [-0.3, -0.25) is 19.4 Å². The molecule has 2 aromatic heterocycles. The number of nitrogens with zero attached hydrogens (tertiary/aromatic N) is 7.